The van der Waals surface area contributed by atoms with Crippen molar-refractivity contribution in [2.75, 3.05) is 0 Å². The Kier molecular flexibility index (Phi) is 4.63. The highest BCUT2D eigenvalue weighted by atomic mass is 19.1. The van der Waals surface area contributed by atoms with Gasteiger partial charge in [-0.15, -0.1) is 0 Å². The molecule has 2 N–H and O–H groups in total. The van der Waals surface area contributed by atoms with Crippen LogP contribution in [0.15, 0.2) is 30.3 Å². The molecule has 21 heavy (non-hydrogen) atoms. The maximum absolute atomic E-state index is 14.0. The SMILES string of the molecule is Cc1cc(C)c(C)c(Oc2cccc(F)c2CC(C)N)c1. The van der Waals surface area contributed by atoms with Gasteiger partial charge in [0.15, 0.2) is 0 Å². The van der Waals surface area contributed by atoms with Gasteiger partial charge in [-0.05, 0) is 69.0 Å². The first-order valence-electron chi connectivity index (χ1n) is 7.17. The van der Waals surface area contributed by atoms with E-state index in [4.69, 9.17) is 10.5 Å². The largest absolute Gasteiger partial charge is 0.457 e. The van der Waals surface area contributed by atoms with Gasteiger partial charge in [0.2, 0.25) is 0 Å². The summed E-state index contributed by atoms with van der Waals surface area (Å²) in [5.74, 6) is 1.04. The monoisotopic (exact) mass is 287 g/mol. The van der Waals surface area contributed by atoms with Crippen LogP contribution in [0.25, 0.3) is 0 Å². The molecule has 0 amide bonds. The molecule has 2 aromatic rings. The zero-order chi connectivity index (χ0) is 15.6. The van der Waals surface area contributed by atoms with Crippen LogP contribution in [0.5, 0.6) is 11.5 Å². The summed E-state index contributed by atoms with van der Waals surface area (Å²) in [6, 6.07) is 8.86. The summed E-state index contributed by atoms with van der Waals surface area (Å²) in [5.41, 5.74) is 9.70. The lowest BCUT2D eigenvalue weighted by Gasteiger charge is -2.16. The molecule has 0 fully saturated rings. The molecule has 0 saturated carbocycles. The molecule has 2 rings (SSSR count). The van der Waals surface area contributed by atoms with Crippen molar-refractivity contribution in [3.63, 3.8) is 0 Å². The van der Waals surface area contributed by atoms with E-state index in [9.17, 15) is 4.39 Å². The zero-order valence-corrected chi connectivity index (χ0v) is 13.0. The first kappa shape index (κ1) is 15.5. The van der Waals surface area contributed by atoms with Crippen LogP contribution in [0.1, 0.15) is 29.2 Å². The van der Waals surface area contributed by atoms with Crippen LogP contribution in [-0.2, 0) is 6.42 Å². The van der Waals surface area contributed by atoms with Crippen LogP contribution >= 0.6 is 0 Å². The van der Waals surface area contributed by atoms with Crippen LogP contribution in [0, 0.1) is 26.6 Å². The van der Waals surface area contributed by atoms with Gasteiger partial charge < -0.3 is 10.5 Å². The Labute approximate surface area is 125 Å². The standard InChI is InChI=1S/C18H22FNO/c1-11-8-12(2)14(4)18(9-11)21-17-7-5-6-16(19)15(17)10-13(3)20/h5-9,13H,10,20H2,1-4H3. The highest BCUT2D eigenvalue weighted by Crippen LogP contribution is 2.32. The molecule has 3 heteroatoms. The third-order valence-corrected chi connectivity index (χ3v) is 3.59. The Morgan fingerprint density at radius 2 is 1.86 bits per heavy atom. The number of hydrogen-bond donors (Lipinski definition) is 1. The van der Waals surface area contributed by atoms with Gasteiger partial charge in [0, 0.05) is 11.6 Å². The van der Waals surface area contributed by atoms with Gasteiger partial charge in [-0.3, -0.25) is 0 Å². The molecule has 0 aromatic heterocycles. The molecule has 0 aliphatic rings. The van der Waals surface area contributed by atoms with Gasteiger partial charge in [-0.25, -0.2) is 4.39 Å². The molecule has 0 heterocycles. The summed E-state index contributed by atoms with van der Waals surface area (Å²) >= 11 is 0. The molecule has 0 radical (unpaired) electrons. The number of rotatable bonds is 4. The van der Waals surface area contributed by atoms with Crippen LogP contribution in [0.4, 0.5) is 4.39 Å². The lowest BCUT2D eigenvalue weighted by Crippen LogP contribution is -2.19. The van der Waals surface area contributed by atoms with E-state index in [1.807, 2.05) is 33.8 Å². The molecule has 0 aliphatic carbocycles. The minimum Gasteiger partial charge on any atom is -0.457 e. The molecule has 2 nitrogen and oxygen atoms in total. The fourth-order valence-corrected chi connectivity index (χ4v) is 2.38. The van der Waals surface area contributed by atoms with Gasteiger partial charge >= 0.3 is 0 Å². The zero-order valence-electron chi connectivity index (χ0n) is 13.0. The molecule has 1 atom stereocenters. The van der Waals surface area contributed by atoms with Gasteiger partial charge in [-0.1, -0.05) is 12.1 Å². The van der Waals surface area contributed by atoms with E-state index in [0.29, 0.717) is 17.7 Å². The average molecular weight is 287 g/mol. The molecule has 2 aromatic carbocycles. The van der Waals surface area contributed by atoms with Crippen LogP contribution in [0.2, 0.25) is 0 Å². The maximum Gasteiger partial charge on any atom is 0.133 e. The van der Waals surface area contributed by atoms with E-state index in [1.54, 1.807) is 12.1 Å². The van der Waals surface area contributed by atoms with E-state index >= 15 is 0 Å². The molecule has 0 aliphatic heterocycles. The van der Waals surface area contributed by atoms with Gasteiger partial charge in [0.1, 0.15) is 17.3 Å². The molecule has 0 spiro atoms. The van der Waals surface area contributed by atoms with Crippen molar-refractivity contribution in [2.24, 2.45) is 5.73 Å². The van der Waals surface area contributed by atoms with Crippen molar-refractivity contribution in [2.45, 2.75) is 40.2 Å². The predicted molar refractivity (Wildman–Crippen MR) is 84.5 cm³/mol. The number of hydrogen-bond acceptors (Lipinski definition) is 2. The van der Waals surface area contributed by atoms with Crippen molar-refractivity contribution in [1.82, 2.24) is 0 Å². The lowest BCUT2D eigenvalue weighted by molar-refractivity contribution is 0.459. The molecule has 112 valence electrons. The quantitative estimate of drug-likeness (QED) is 0.902. The Morgan fingerprint density at radius 3 is 2.52 bits per heavy atom. The smallest absolute Gasteiger partial charge is 0.133 e. The highest BCUT2D eigenvalue weighted by molar-refractivity contribution is 5.46. The summed E-state index contributed by atoms with van der Waals surface area (Å²) < 4.78 is 20.0. The van der Waals surface area contributed by atoms with Crippen LogP contribution < -0.4 is 10.5 Å². The highest BCUT2D eigenvalue weighted by Gasteiger charge is 2.14. The third kappa shape index (κ3) is 3.61. The topological polar surface area (TPSA) is 35.2 Å². The minimum atomic E-state index is -0.271. The van der Waals surface area contributed by atoms with Crippen molar-refractivity contribution in [3.8, 4) is 11.5 Å². The van der Waals surface area contributed by atoms with E-state index in [2.05, 4.69) is 6.07 Å². The van der Waals surface area contributed by atoms with Gasteiger partial charge in [-0.2, -0.15) is 0 Å². The number of nitrogens with two attached hydrogens (primary N) is 1. The number of ether oxygens (including phenoxy) is 1. The molecular formula is C18H22FNO. The summed E-state index contributed by atoms with van der Waals surface area (Å²) in [4.78, 5) is 0. The van der Waals surface area contributed by atoms with E-state index in [-0.39, 0.29) is 11.9 Å². The Bertz CT molecular complexity index is 650. The average Bonchev–Trinajstić information content (AvgIpc) is 2.39. The Balaban J connectivity index is 2.42. The first-order chi connectivity index (χ1) is 9.88. The molecular weight excluding hydrogens is 265 g/mol. The van der Waals surface area contributed by atoms with Crippen LogP contribution in [0.3, 0.4) is 0 Å². The first-order valence-corrected chi connectivity index (χ1v) is 7.17. The fraction of sp³-hybridized carbons (Fsp3) is 0.333. The van der Waals surface area contributed by atoms with E-state index in [1.165, 1.54) is 6.07 Å². The van der Waals surface area contributed by atoms with Crippen LogP contribution in [-0.4, -0.2) is 6.04 Å². The van der Waals surface area contributed by atoms with Gasteiger partial charge in [0.25, 0.3) is 0 Å². The Morgan fingerprint density at radius 1 is 1.14 bits per heavy atom. The molecule has 0 saturated heterocycles. The van der Waals surface area contributed by atoms with Crippen molar-refractivity contribution in [3.05, 3.63) is 58.4 Å². The van der Waals surface area contributed by atoms with Crippen molar-refractivity contribution in [1.29, 1.82) is 0 Å². The van der Waals surface area contributed by atoms with Gasteiger partial charge in [0.05, 0.1) is 0 Å². The number of benzene rings is 2. The van der Waals surface area contributed by atoms with E-state index in [0.717, 1.165) is 22.4 Å². The second-order valence-electron chi connectivity index (χ2n) is 5.70. The molecule has 0 bridgehead atoms. The lowest BCUT2D eigenvalue weighted by atomic mass is 10.0. The maximum atomic E-state index is 14.0. The normalized spacial score (nSPS) is 12.3. The van der Waals surface area contributed by atoms with E-state index < -0.39 is 0 Å². The second-order valence-corrected chi connectivity index (χ2v) is 5.70. The minimum absolute atomic E-state index is 0.121. The second kappa shape index (κ2) is 6.27. The fourth-order valence-electron chi connectivity index (χ4n) is 2.38. The summed E-state index contributed by atoms with van der Waals surface area (Å²) in [6.07, 6.45) is 0.450. The summed E-state index contributed by atoms with van der Waals surface area (Å²) in [5, 5.41) is 0. The van der Waals surface area contributed by atoms with Crippen molar-refractivity contribution < 1.29 is 9.13 Å². The number of aryl methyl sites for hydroxylation is 2. The predicted octanol–water partition coefficient (Wildman–Crippen LogP) is 4.43. The molecule has 1 unspecified atom stereocenters. The Hall–Kier alpha value is -1.87. The van der Waals surface area contributed by atoms with Crippen molar-refractivity contribution >= 4 is 0 Å². The third-order valence-electron chi connectivity index (χ3n) is 3.59. The summed E-state index contributed by atoms with van der Waals surface area (Å²) in [6.45, 7) is 7.93. The number of halogens is 1. The summed E-state index contributed by atoms with van der Waals surface area (Å²) in [7, 11) is 0.